The maximum atomic E-state index is 12.3. The van der Waals surface area contributed by atoms with E-state index in [-0.39, 0.29) is 25.7 Å². The second-order valence-corrected chi connectivity index (χ2v) is 7.03. The molecule has 2 rings (SSSR count). The normalized spacial score (nSPS) is 11.2. The zero-order valence-corrected chi connectivity index (χ0v) is 13.7. The number of hydrogen-bond donors (Lipinski definition) is 1. The minimum Gasteiger partial charge on any atom is -0.278 e. The Hall–Kier alpha value is -1.54. The molecule has 0 aromatic heterocycles. The second kappa shape index (κ2) is 6.29. The highest BCUT2D eigenvalue weighted by Gasteiger charge is 2.21. The fourth-order valence-corrected chi connectivity index (χ4v) is 3.25. The highest BCUT2D eigenvalue weighted by molar-refractivity contribution is 7.92. The van der Waals surface area contributed by atoms with Crippen molar-refractivity contribution in [2.45, 2.75) is 4.90 Å². The molecule has 0 aliphatic heterocycles. The van der Waals surface area contributed by atoms with E-state index in [1.807, 2.05) is 0 Å². The lowest BCUT2D eigenvalue weighted by molar-refractivity contribution is -0.384. The number of nitro benzene ring substituents is 1. The fourth-order valence-electron chi connectivity index (χ4n) is 1.58. The number of sulfonamides is 1. The third-order valence-electron chi connectivity index (χ3n) is 2.60. The Kier molecular flexibility index (Phi) is 4.81. The number of anilines is 1. The largest absolute Gasteiger partial charge is 0.289 e. The van der Waals surface area contributed by atoms with Gasteiger partial charge in [-0.1, -0.05) is 34.8 Å². The molecule has 116 valence electrons. The molecule has 0 heterocycles. The smallest absolute Gasteiger partial charge is 0.278 e. The van der Waals surface area contributed by atoms with Crippen LogP contribution >= 0.6 is 34.8 Å². The van der Waals surface area contributed by atoms with Gasteiger partial charge in [0.1, 0.15) is 5.02 Å². The second-order valence-electron chi connectivity index (χ2n) is 4.10. The number of rotatable bonds is 4. The van der Waals surface area contributed by atoms with Crippen molar-refractivity contribution in [1.29, 1.82) is 0 Å². The van der Waals surface area contributed by atoms with Crippen LogP contribution in [0.15, 0.2) is 41.3 Å². The van der Waals surface area contributed by atoms with Gasteiger partial charge in [-0.3, -0.25) is 14.8 Å². The van der Waals surface area contributed by atoms with Gasteiger partial charge in [0.15, 0.2) is 0 Å². The van der Waals surface area contributed by atoms with Crippen LogP contribution in [0.3, 0.4) is 0 Å². The molecule has 0 spiro atoms. The summed E-state index contributed by atoms with van der Waals surface area (Å²) in [6.45, 7) is 0. The molecule has 0 atom stereocenters. The summed E-state index contributed by atoms with van der Waals surface area (Å²) < 4.78 is 26.8. The molecule has 0 amide bonds. The molecule has 0 unspecified atom stereocenters. The van der Waals surface area contributed by atoms with Crippen molar-refractivity contribution in [2.24, 2.45) is 0 Å². The van der Waals surface area contributed by atoms with Crippen LogP contribution in [-0.4, -0.2) is 13.3 Å². The van der Waals surface area contributed by atoms with Crippen molar-refractivity contribution in [3.63, 3.8) is 0 Å². The summed E-state index contributed by atoms with van der Waals surface area (Å²) in [6, 6.07) is 7.39. The molecule has 0 fully saturated rings. The highest BCUT2D eigenvalue weighted by Crippen LogP contribution is 2.30. The van der Waals surface area contributed by atoms with E-state index in [0.29, 0.717) is 0 Å². The average Bonchev–Trinajstić information content (AvgIpc) is 2.42. The van der Waals surface area contributed by atoms with Crippen LogP contribution < -0.4 is 4.72 Å². The van der Waals surface area contributed by atoms with Gasteiger partial charge in [0.25, 0.3) is 15.7 Å². The van der Waals surface area contributed by atoms with Crippen LogP contribution in [0, 0.1) is 10.1 Å². The Morgan fingerprint density at radius 3 is 2.27 bits per heavy atom. The van der Waals surface area contributed by atoms with E-state index >= 15 is 0 Å². The SMILES string of the molecule is O=[N+]([O-])c1cc(S(=O)(=O)Nc2cc(Cl)ccc2Cl)ccc1Cl. The summed E-state index contributed by atoms with van der Waals surface area (Å²) in [5.41, 5.74) is -0.450. The van der Waals surface area contributed by atoms with Crippen molar-refractivity contribution in [3.8, 4) is 0 Å². The van der Waals surface area contributed by atoms with E-state index in [1.165, 1.54) is 18.2 Å². The van der Waals surface area contributed by atoms with Crippen molar-refractivity contribution in [3.05, 3.63) is 61.6 Å². The van der Waals surface area contributed by atoms with Gasteiger partial charge in [0, 0.05) is 11.1 Å². The molecular weight excluding hydrogens is 375 g/mol. The molecule has 0 saturated heterocycles. The first kappa shape index (κ1) is 16.8. The molecule has 10 heteroatoms. The Labute approximate surface area is 140 Å². The summed E-state index contributed by atoms with van der Waals surface area (Å²) in [5, 5.41) is 11.1. The zero-order chi connectivity index (χ0) is 16.5. The number of hydrogen-bond acceptors (Lipinski definition) is 4. The molecule has 0 aliphatic carbocycles. The van der Waals surface area contributed by atoms with Crippen molar-refractivity contribution < 1.29 is 13.3 Å². The summed E-state index contributed by atoms with van der Waals surface area (Å²) in [7, 11) is -4.08. The van der Waals surface area contributed by atoms with Gasteiger partial charge in [-0.05, 0) is 30.3 Å². The Morgan fingerprint density at radius 1 is 1.00 bits per heavy atom. The highest BCUT2D eigenvalue weighted by atomic mass is 35.5. The van der Waals surface area contributed by atoms with Crippen molar-refractivity contribution in [2.75, 3.05) is 4.72 Å². The standard InChI is InChI=1S/C12H7Cl3N2O4S/c13-7-1-3-9(14)11(5-7)16-22(20,21)8-2-4-10(15)12(6-8)17(18)19/h1-6,16H. The van der Waals surface area contributed by atoms with E-state index < -0.39 is 20.6 Å². The van der Waals surface area contributed by atoms with Crippen molar-refractivity contribution >= 4 is 56.2 Å². The Bertz CT molecular complexity index is 855. The Morgan fingerprint density at radius 2 is 1.64 bits per heavy atom. The van der Waals surface area contributed by atoms with Gasteiger partial charge in [0.2, 0.25) is 0 Å². The summed E-state index contributed by atoms with van der Waals surface area (Å²) in [6.07, 6.45) is 0. The van der Waals surface area contributed by atoms with E-state index in [0.717, 1.165) is 18.2 Å². The predicted octanol–water partition coefficient (Wildman–Crippen LogP) is 4.36. The lowest BCUT2D eigenvalue weighted by Crippen LogP contribution is -2.13. The molecule has 6 nitrogen and oxygen atoms in total. The predicted molar refractivity (Wildman–Crippen MR) is 85.4 cm³/mol. The third-order valence-corrected chi connectivity index (χ3v) is 4.84. The van der Waals surface area contributed by atoms with E-state index in [9.17, 15) is 18.5 Å². The fraction of sp³-hybridized carbons (Fsp3) is 0. The van der Waals surface area contributed by atoms with Gasteiger partial charge in [-0.25, -0.2) is 8.42 Å². The molecule has 0 saturated carbocycles. The maximum absolute atomic E-state index is 12.3. The first-order valence-electron chi connectivity index (χ1n) is 5.62. The van der Waals surface area contributed by atoms with Gasteiger partial charge < -0.3 is 0 Å². The number of nitro groups is 1. The van der Waals surface area contributed by atoms with Crippen LogP contribution in [0.25, 0.3) is 0 Å². The molecule has 0 radical (unpaired) electrons. The molecule has 2 aromatic rings. The van der Waals surface area contributed by atoms with E-state index in [2.05, 4.69) is 4.72 Å². The van der Waals surface area contributed by atoms with Gasteiger partial charge in [0.05, 0.1) is 20.5 Å². The first-order valence-corrected chi connectivity index (χ1v) is 8.24. The van der Waals surface area contributed by atoms with Gasteiger partial charge in [-0.15, -0.1) is 0 Å². The topological polar surface area (TPSA) is 89.3 Å². The van der Waals surface area contributed by atoms with Crippen molar-refractivity contribution in [1.82, 2.24) is 0 Å². The summed E-state index contributed by atoms with van der Waals surface area (Å²) in [4.78, 5) is 9.74. The minimum atomic E-state index is -4.08. The lowest BCUT2D eigenvalue weighted by atomic mass is 10.3. The number of halogens is 3. The van der Waals surface area contributed by atoms with Gasteiger partial charge >= 0.3 is 0 Å². The number of nitrogens with one attached hydrogen (secondary N) is 1. The first-order chi connectivity index (χ1) is 10.2. The molecule has 22 heavy (non-hydrogen) atoms. The molecular formula is C12H7Cl3N2O4S. The number of benzene rings is 2. The molecule has 2 aromatic carbocycles. The lowest BCUT2D eigenvalue weighted by Gasteiger charge is -2.10. The monoisotopic (exact) mass is 380 g/mol. The van der Waals surface area contributed by atoms with Crippen LogP contribution in [0.2, 0.25) is 15.1 Å². The third kappa shape index (κ3) is 3.61. The van der Waals surface area contributed by atoms with Crippen LogP contribution in [0.4, 0.5) is 11.4 Å². The minimum absolute atomic E-state index is 0.0618. The van der Waals surface area contributed by atoms with E-state index in [1.54, 1.807) is 0 Å². The maximum Gasteiger partial charge on any atom is 0.289 e. The molecule has 0 bridgehead atoms. The quantitative estimate of drug-likeness (QED) is 0.629. The Balaban J connectivity index is 2.45. The van der Waals surface area contributed by atoms with Gasteiger partial charge in [-0.2, -0.15) is 0 Å². The average molecular weight is 382 g/mol. The van der Waals surface area contributed by atoms with Crippen LogP contribution in [-0.2, 0) is 10.0 Å². The zero-order valence-electron chi connectivity index (χ0n) is 10.6. The summed E-state index contributed by atoms with van der Waals surface area (Å²) in [5.74, 6) is 0. The van der Waals surface area contributed by atoms with E-state index in [4.69, 9.17) is 34.8 Å². The molecule has 0 aliphatic rings. The van der Waals surface area contributed by atoms with Crippen LogP contribution in [0.1, 0.15) is 0 Å². The summed E-state index contributed by atoms with van der Waals surface area (Å²) >= 11 is 17.3. The van der Waals surface area contributed by atoms with Crippen LogP contribution in [0.5, 0.6) is 0 Å². The number of nitrogens with zero attached hydrogens (tertiary/aromatic N) is 1. The molecule has 1 N–H and O–H groups in total.